The van der Waals surface area contributed by atoms with Crippen LogP contribution in [0.2, 0.25) is 0 Å². The van der Waals surface area contributed by atoms with E-state index in [9.17, 15) is 9.59 Å². The minimum absolute atomic E-state index is 0.0397. The number of amides is 1. The Bertz CT molecular complexity index is 824. The third-order valence-electron chi connectivity index (χ3n) is 4.75. The minimum atomic E-state index is -0.473. The third kappa shape index (κ3) is 3.92. The summed E-state index contributed by atoms with van der Waals surface area (Å²) in [6, 6.07) is 5.19. The van der Waals surface area contributed by atoms with Crippen molar-refractivity contribution in [2.45, 2.75) is 52.1 Å². The van der Waals surface area contributed by atoms with Gasteiger partial charge in [0.15, 0.2) is 5.76 Å². The van der Waals surface area contributed by atoms with Gasteiger partial charge in [0.2, 0.25) is 5.91 Å². The summed E-state index contributed by atoms with van der Waals surface area (Å²) in [6.45, 7) is 3.81. The van der Waals surface area contributed by atoms with E-state index in [2.05, 4.69) is 17.3 Å². The van der Waals surface area contributed by atoms with Gasteiger partial charge < -0.3 is 15.5 Å². The molecule has 0 aromatic carbocycles. The summed E-state index contributed by atoms with van der Waals surface area (Å²) in [7, 11) is 0. The average Bonchev–Trinajstić information content (AvgIpc) is 3.00. The molecule has 25 heavy (non-hydrogen) atoms. The molecule has 0 bridgehead atoms. The molecule has 3 rings (SSSR count). The largest absolute Gasteiger partial charge is 0.460 e. The Morgan fingerprint density at radius 3 is 2.84 bits per heavy atom. The highest BCUT2D eigenvalue weighted by Crippen LogP contribution is 2.23. The monoisotopic (exact) mass is 344 g/mol. The molecule has 1 amide bonds. The van der Waals surface area contributed by atoms with Crippen LogP contribution in [0.4, 0.5) is 5.69 Å². The highest BCUT2D eigenvalue weighted by atomic mass is 16.3. The van der Waals surface area contributed by atoms with E-state index in [4.69, 9.17) is 10.2 Å². The van der Waals surface area contributed by atoms with Crippen LogP contribution in [0.15, 0.2) is 27.4 Å². The lowest BCUT2D eigenvalue weighted by Gasteiger charge is -2.29. The van der Waals surface area contributed by atoms with Crippen molar-refractivity contribution in [3.8, 4) is 11.5 Å². The molecule has 2 unspecified atom stereocenters. The van der Waals surface area contributed by atoms with Crippen LogP contribution in [0.1, 0.15) is 38.4 Å². The van der Waals surface area contributed by atoms with Gasteiger partial charge in [0, 0.05) is 6.04 Å². The topological polar surface area (TPSA) is 103 Å². The molecule has 0 aliphatic heterocycles. The van der Waals surface area contributed by atoms with Gasteiger partial charge in [0.05, 0.1) is 0 Å². The van der Waals surface area contributed by atoms with Gasteiger partial charge >= 0.3 is 0 Å². The Morgan fingerprint density at radius 1 is 1.40 bits per heavy atom. The van der Waals surface area contributed by atoms with E-state index in [0.717, 1.165) is 29.7 Å². The van der Waals surface area contributed by atoms with Crippen LogP contribution in [-0.2, 0) is 11.3 Å². The van der Waals surface area contributed by atoms with Crippen LogP contribution in [0.5, 0.6) is 0 Å². The first-order valence-electron chi connectivity index (χ1n) is 8.68. The highest BCUT2D eigenvalue weighted by Gasteiger charge is 2.23. The van der Waals surface area contributed by atoms with Crippen molar-refractivity contribution in [1.29, 1.82) is 0 Å². The molecule has 0 saturated heterocycles. The number of hydrogen-bond donors (Lipinski definition) is 2. The molecule has 2 aromatic rings. The molecule has 7 nitrogen and oxygen atoms in total. The lowest BCUT2D eigenvalue weighted by Crippen LogP contribution is -2.44. The van der Waals surface area contributed by atoms with Crippen molar-refractivity contribution in [1.82, 2.24) is 15.1 Å². The average molecular weight is 344 g/mol. The van der Waals surface area contributed by atoms with Gasteiger partial charge in [-0.05, 0) is 43.9 Å². The molecule has 0 spiro atoms. The Balaban J connectivity index is 1.78. The predicted molar refractivity (Wildman–Crippen MR) is 94.9 cm³/mol. The van der Waals surface area contributed by atoms with Crippen LogP contribution in [0.25, 0.3) is 11.5 Å². The zero-order chi connectivity index (χ0) is 18.0. The number of nitrogens with one attached hydrogen (secondary N) is 1. The fourth-order valence-corrected chi connectivity index (χ4v) is 3.28. The number of aromatic nitrogens is 2. The molecule has 1 saturated carbocycles. The zero-order valence-corrected chi connectivity index (χ0v) is 14.6. The van der Waals surface area contributed by atoms with Gasteiger partial charge in [-0.25, -0.2) is 4.68 Å². The summed E-state index contributed by atoms with van der Waals surface area (Å²) in [4.78, 5) is 24.6. The summed E-state index contributed by atoms with van der Waals surface area (Å²) in [6.07, 6.45) is 4.41. The number of hydrogen-bond acceptors (Lipinski definition) is 5. The quantitative estimate of drug-likeness (QED) is 0.884. The van der Waals surface area contributed by atoms with Crippen LogP contribution in [-0.4, -0.2) is 21.7 Å². The fraction of sp³-hybridized carbons (Fsp3) is 0.500. The second-order valence-corrected chi connectivity index (χ2v) is 6.79. The predicted octanol–water partition coefficient (Wildman–Crippen LogP) is 2.09. The Morgan fingerprint density at radius 2 is 2.16 bits per heavy atom. The summed E-state index contributed by atoms with van der Waals surface area (Å²) in [5, 5.41) is 7.26. The number of nitrogens with two attached hydrogens (primary N) is 1. The summed E-state index contributed by atoms with van der Waals surface area (Å²) in [5.74, 6) is 1.47. The highest BCUT2D eigenvalue weighted by molar-refractivity contribution is 5.76. The van der Waals surface area contributed by atoms with Gasteiger partial charge in [-0.2, -0.15) is 5.10 Å². The molecule has 134 valence electrons. The number of nitrogens with zero attached hydrogens (tertiary/aromatic N) is 2. The second kappa shape index (κ2) is 7.13. The van der Waals surface area contributed by atoms with Crippen molar-refractivity contribution >= 4 is 11.6 Å². The number of carbonyl (C=O) groups is 1. The SMILES string of the molecule is Cc1ccc(-c2cc(N)c(=O)n(CC(=O)NC3CCCCC3C)n2)o1. The van der Waals surface area contributed by atoms with E-state index in [1.165, 1.54) is 12.5 Å². The van der Waals surface area contributed by atoms with E-state index >= 15 is 0 Å². The molecule has 0 radical (unpaired) electrons. The summed E-state index contributed by atoms with van der Waals surface area (Å²) in [5.41, 5.74) is 5.80. The van der Waals surface area contributed by atoms with Crippen LogP contribution < -0.4 is 16.6 Å². The molecule has 1 aliphatic rings. The molecular weight excluding hydrogens is 320 g/mol. The van der Waals surface area contributed by atoms with Gasteiger partial charge in [0.25, 0.3) is 5.56 Å². The van der Waals surface area contributed by atoms with Crippen LogP contribution in [0, 0.1) is 12.8 Å². The van der Waals surface area contributed by atoms with E-state index in [-0.39, 0.29) is 24.2 Å². The Kier molecular flexibility index (Phi) is 4.92. The Labute approximate surface area is 146 Å². The number of carbonyl (C=O) groups excluding carboxylic acids is 1. The smallest absolute Gasteiger partial charge is 0.290 e. The molecule has 2 atom stereocenters. The molecule has 7 heteroatoms. The van der Waals surface area contributed by atoms with Crippen LogP contribution >= 0.6 is 0 Å². The lowest BCUT2D eigenvalue weighted by molar-refractivity contribution is -0.123. The lowest BCUT2D eigenvalue weighted by atomic mass is 9.86. The minimum Gasteiger partial charge on any atom is -0.460 e. The van der Waals surface area contributed by atoms with E-state index in [0.29, 0.717) is 17.4 Å². The number of anilines is 1. The van der Waals surface area contributed by atoms with Gasteiger partial charge in [-0.3, -0.25) is 9.59 Å². The first-order chi connectivity index (χ1) is 11.9. The van der Waals surface area contributed by atoms with Gasteiger partial charge in [-0.1, -0.05) is 19.8 Å². The Hall–Kier alpha value is -2.57. The van der Waals surface area contributed by atoms with Crippen molar-refractivity contribution in [2.24, 2.45) is 5.92 Å². The fourth-order valence-electron chi connectivity index (χ4n) is 3.28. The van der Waals surface area contributed by atoms with E-state index in [1.54, 1.807) is 12.1 Å². The van der Waals surface area contributed by atoms with Crippen LogP contribution in [0.3, 0.4) is 0 Å². The molecular formula is C18H24N4O3. The number of furan rings is 1. The van der Waals surface area contributed by atoms with E-state index < -0.39 is 5.56 Å². The van der Waals surface area contributed by atoms with Gasteiger partial charge in [0.1, 0.15) is 23.7 Å². The van der Waals surface area contributed by atoms with Crippen molar-refractivity contribution in [3.63, 3.8) is 0 Å². The second-order valence-electron chi connectivity index (χ2n) is 6.79. The third-order valence-corrected chi connectivity index (χ3v) is 4.75. The zero-order valence-electron chi connectivity index (χ0n) is 14.6. The molecule has 1 fully saturated rings. The first kappa shape index (κ1) is 17.3. The molecule has 2 heterocycles. The summed E-state index contributed by atoms with van der Waals surface area (Å²) >= 11 is 0. The van der Waals surface area contributed by atoms with Crippen molar-refractivity contribution in [2.75, 3.05) is 5.73 Å². The normalized spacial score (nSPS) is 20.4. The molecule has 3 N–H and O–H groups in total. The number of nitrogen functional groups attached to an aromatic ring is 1. The standard InChI is InChI=1S/C18H24N4O3/c1-11-5-3-4-6-14(11)20-17(23)10-22-18(24)13(19)9-15(21-22)16-8-7-12(2)25-16/h7-9,11,14H,3-6,10,19H2,1-2H3,(H,20,23). The van der Waals surface area contributed by atoms with Crippen molar-refractivity contribution in [3.05, 3.63) is 34.3 Å². The maximum Gasteiger partial charge on any atom is 0.290 e. The molecule has 1 aliphatic carbocycles. The van der Waals surface area contributed by atoms with Gasteiger partial charge in [-0.15, -0.1) is 0 Å². The van der Waals surface area contributed by atoms with E-state index in [1.807, 2.05) is 6.92 Å². The first-order valence-corrected chi connectivity index (χ1v) is 8.68. The maximum absolute atomic E-state index is 12.4. The maximum atomic E-state index is 12.4. The number of rotatable bonds is 4. The van der Waals surface area contributed by atoms with Crippen molar-refractivity contribution < 1.29 is 9.21 Å². The summed E-state index contributed by atoms with van der Waals surface area (Å²) < 4.78 is 6.63. The number of aryl methyl sites for hydroxylation is 1. The molecule has 2 aromatic heterocycles.